The summed E-state index contributed by atoms with van der Waals surface area (Å²) in [6.07, 6.45) is 0.615. The molecule has 0 aromatic heterocycles. The van der Waals surface area contributed by atoms with E-state index in [0.717, 1.165) is 26.3 Å². The molecule has 68 valence electrons. The summed E-state index contributed by atoms with van der Waals surface area (Å²) in [6, 6.07) is 2.17. The SMILES string of the molecule is CC1(C)COCCN1CCC#N. The molecule has 12 heavy (non-hydrogen) atoms. The van der Waals surface area contributed by atoms with Gasteiger partial charge in [0.15, 0.2) is 0 Å². The summed E-state index contributed by atoms with van der Waals surface area (Å²) in [5.41, 5.74) is 0.106. The van der Waals surface area contributed by atoms with E-state index < -0.39 is 0 Å². The van der Waals surface area contributed by atoms with E-state index in [2.05, 4.69) is 24.8 Å². The summed E-state index contributed by atoms with van der Waals surface area (Å²) in [5.74, 6) is 0. The molecular weight excluding hydrogens is 152 g/mol. The molecule has 0 saturated carbocycles. The average molecular weight is 168 g/mol. The fourth-order valence-electron chi connectivity index (χ4n) is 1.49. The van der Waals surface area contributed by atoms with Gasteiger partial charge in [-0.3, -0.25) is 4.90 Å². The van der Waals surface area contributed by atoms with Crippen LogP contribution in [0.5, 0.6) is 0 Å². The van der Waals surface area contributed by atoms with Crippen LogP contribution in [0.2, 0.25) is 0 Å². The maximum Gasteiger partial charge on any atom is 0.0645 e. The normalized spacial score (nSPS) is 23.4. The highest BCUT2D eigenvalue weighted by Crippen LogP contribution is 2.18. The summed E-state index contributed by atoms with van der Waals surface area (Å²) < 4.78 is 5.37. The van der Waals surface area contributed by atoms with E-state index in [4.69, 9.17) is 10.00 Å². The van der Waals surface area contributed by atoms with Crippen molar-refractivity contribution in [2.45, 2.75) is 25.8 Å². The van der Waals surface area contributed by atoms with E-state index in [9.17, 15) is 0 Å². The molecular formula is C9H16N2O. The van der Waals surface area contributed by atoms with Gasteiger partial charge < -0.3 is 4.74 Å². The van der Waals surface area contributed by atoms with Crippen molar-refractivity contribution in [2.75, 3.05) is 26.3 Å². The van der Waals surface area contributed by atoms with Gasteiger partial charge in [0, 0.05) is 25.0 Å². The molecule has 3 nitrogen and oxygen atoms in total. The predicted molar refractivity (Wildman–Crippen MR) is 46.7 cm³/mol. The molecule has 1 rings (SSSR count). The molecule has 0 aromatic rings. The molecule has 0 aliphatic carbocycles. The Bertz CT molecular complexity index is 183. The highest BCUT2D eigenvalue weighted by Gasteiger charge is 2.29. The molecule has 0 radical (unpaired) electrons. The van der Waals surface area contributed by atoms with Crippen molar-refractivity contribution in [3.8, 4) is 6.07 Å². The van der Waals surface area contributed by atoms with Crippen LogP contribution >= 0.6 is 0 Å². The maximum atomic E-state index is 8.46. The van der Waals surface area contributed by atoms with Gasteiger partial charge in [-0.25, -0.2) is 0 Å². The minimum atomic E-state index is 0.106. The Morgan fingerprint density at radius 1 is 1.58 bits per heavy atom. The van der Waals surface area contributed by atoms with Crippen LogP contribution in [0, 0.1) is 11.3 Å². The molecule has 1 heterocycles. The third-order valence-electron chi connectivity index (χ3n) is 2.31. The van der Waals surface area contributed by atoms with Crippen LogP contribution in [-0.4, -0.2) is 36.7 Å². The van der Waals surface area contributed by atoms with Crippen LogP contribution < -0.4 is 0 Å². The quantitative estimate of drug-likeness (QED) is 0.617. The van der Waals surface area contributed by atoms with Gasteiger partial charge >= 0.3 is 0 Å². The van der Waals surface area contributed by atoms with Gasteiger partial charge in [0.25, 0.3) is 0 Å². The summed E-state index contributed by atoms with van der Waals surface area (Å²) in [6.45, 7) is 7.71. The van der Waals surface area contributed by atoms with E-state index in [-0.39, 0.29) is 5.54 Å². The van der Waals surface area contributed by atoms with E-state index in [0.29, 0.717) is 6.42 Å². The van der Waals surface area contributed by atoms with Gasteiger partial charge in [0.05, 0.1) is 19.3 Å². The number of ether oxygens (including phenoxy) is 1. The molecule has 0 amide bonds. The van der Waals surface area contributed by atoms with E-state index in [1.807, 2.05) is 0 Å². The summed E-state index contributed by atoms with van der Waals surface area (Å²) in [7, 11) is 0. The van der Waals surface area contributed by atoms with Crippen LogP contribution in [0.3, 0.4) is 0 Å². The molecule has 3 heteroatoms. The molecule has 0 bridgehead atoms. The number of nitrogens with zero attached hydrogens (tertiary/aromatic N) is 2. The fourth-order valence-corrected chi connectivity index (χ4v) is 1.49. The molecule has 0 spiro atoms. The van der Waals surface area contributed by atoms with Gasteiger partial charge in [0.2, 0.25) is 0 Å². The Morgan fingerprint density at radius 3 is 2.92 bits per heavy atom. The Morgan fingerprint density at radius 2 is 2.33 bits per heavy atom. The smallest absolute Gasteiger partial charge is 0.0645 e. The van der Waals surface area contributed by atoms with Crippen molar-refractivity contribution in [3.05, 3.63) is 0 Å². The standard InChI is InChI=1S/C9H16N2O/c1-9(2)8-12-7-6-11(9)5-3-4-10/h3,5-8H2,1-2H3. The average Bonchev–Trinajstić information content (AvgIpc) is 2.02. The first-order valence-corrected chi connectivity index (χ1v) is 4.36. The maximum absolute atomic E-state index is 8.46. The van der Waals surface area contributed by atoms with E-state index in [1.165, 1.54) is 0 Å². The molecule has 1 aliphatic heterocycles. The molecule has 1 saturated heterocycles. The van der Waals surface area contributed by atoms with Crippen LogP contribution in [-0.2, 0) is 4.74 Å². The lowest BCUT2D eigenvalue weighted by molar-refractivity contribution is -0.0497. The second kappa shape index (κ2) is 3.88. The number of hydrogen-bond acceptors (Lipinski definition) is 3. The first-order valence-electron chi connectivity index (χ1n) is 4.36. The van der Waals surface area contributed by atoms with Gasteiger partial charge in [-0.1, -0.05) is 0 Å². The fraction of sp³-hybridized carbons (Fsp3) is 0.889. The molecule has 0 N–H and O–H groups in total. The molecule has 0 aromatic carbocycles. The molecule has 1 aliphatic rings. The van der Waals surface area contributed by atoms with Crippen molar-refractivity contribution in [1.29, 1.82) is 5.26 Å². The Kier molecular flexibility index (Phi) is 3.07. The van der Waals surface area contributed by atoms with Crippen LogP contribution in [0.15, 0.2) is 0 Å². The molecule has 0 atom stereocenters. The lowest BCUT2D eigenvalue weighted by Gasteiger charge is -2.41. The van der Waals surface area contributed by atoms with Crippen LogP contribution in [0.1, 0.15) is 20.3 Å². The number of nitriles is 1. The minimum absolute atomic E-state index is 0.106. The van der Waals surface area contributed by atoms with Crippen molar-refractivity contribution in [3.63, 3.8) is 0 Å². The molecule has 0 unspecified atom stereocenters. The molecule has 1 fully saturated rings. The summed E-state index contributed by atoms with van der Waals surface area (Å²) in [4.78, 5) is 2.32. The Labute approximate surface area is 73.9 Å². The topological polar surface area (TPSA) is 36.3 Å². The lowest BCUT2D eigenvalue weighted by atomic mass is 10.0. The van der Waals surface area contributed by atoms with Crippen molar-refractivity contribution < 1.29 is 4.74 Å². The summed E-state index contributed by atoms with van der Waals surface area (Å²) in [5, 5.41) is 8.46. The van der Waals surface area contributed by atoms with Gasteiger partial charge in [-0.15, -0.1) is 0 Å². The second-order valence-corrected chi connectivity index (χ2v) is 3.76. The summed E-state index contributed by atoms with van der Waals surface area (Å²) >= 11 is 0. The predicted octanol–water partition coefficient (Wildman–Crippen LogP) is 1.01. The van der Waals surface area contributed by atoms with Gasteiger partial charge in [-0.2, -0.15) is 5.26 Å². The number of hydrogen-bond donors (Lipinski definition) is 0. The largest absolute Gasteiger partial charge is 0.378 e. The van der Waals surface area contributed by atoms with Crippen molar-refractivity contribution in [1.82, 2.24) is 4.90 Å². The van der Waals surface area contributed by atoms with Gasteiger partial charge in [-0.05, 0) is 13.8 Å². The third-order valence-corrected chi connectivity index (χ3v) is 2.31. The zero-order chi connectivity index (χ0) is 9.03. The van der Waals surface area contributed by atoms with E-state index >= 15 is 0 Å². The zero-order valence-electron chi connectivity index (χ0n) is 7.84. The third kappa shape index (κ3) is 2.20. The first kappa shape index (κ1) is 9.50. The number of rotatable bonds is 2. The van der Waals surface area contributed by atoms with E-state index in [1.54, 1.807) is 0 Å². The monoisotopic (exact) mass is 168 g/mol. The van der Waals surface area contributed by atoms with Crippen molar-refractivity contribution >= 4 is 0 Å². The first-order chi connectivity index (χ1) is 5.67. The van der Waals surface area contributed by atoms with Gasteiger partial charge in [0.1, 0.15) is 0 Å². The Balaban J connectivity index is 2.44. The highest BCUT2D eigenvalue weighted by atomic mass is 16.5. The van der Waals surface area contributed by atoms with Crippen molar-refractivity contribution in [2.24, 2.45) is 0 Å². The minimum Gasteiger partial charge on any atom is -0.378 e. The second-order valence-electron chi connectivity index (χ2n) is 3.76. The zero-order valence-corrected chi connectivity index (χ0v) is 7.84. The number of morpholine rings is 1. The lowest BCUT2D eigenvalue weighted by Crippen LogP contribution is -2.53. The highest BCUT2D eigenvalue weighted by molar-refractivity contribution is 4.86. The Hall–Kier alpha value is -0.590. The van der Waals surface area contributed by atoms with Crippen LogP contribution in [0.25, 0.3) is 0 Å². The van der Waals surface area contributed by atoms with Crippen LogP contribution in [0.4, 0.5) is 0 Å².